The van der Waals surface area contributed by atoms with Gasteiger partial charge in [0, 0.05) is 48.3 Å². The molecule has 0 amide bonds. The monoisotopic (exact) mass is 410 g/mol. The summed E-state index contributed by atoms with van der Waals surface area (Å²) in [5.74, 6) is 1.27. The highest BCUT2D eigenvalue weighted by Gasteiger charge is 2.15. The third-order valence-electron chi connectivity index (χ3n) is 4.34. The van der Waals surface area contributed by atoms with Crippen LogP contribution in [0.4, 0.5) is 0 Å². The smallest absolute Gasteiger partial charge is 0.336 e. The molecule has 0 saturated carbocycles. The van der Waals surface area contributed by atoms with Crippen molar-refractivity contribution in [1.29, 1.82) is 0 Å². The van der Waals surface area contributed by atoms with Crippen LogP contribution >= 0.6 is 11.8 Å². The Kier molecular flexibility index (Phi) is 5.59. The van der Waals surface area contributed by atoms with E-state index in [-0.39, 0.29) is 5.75 Å². The van der Waals surface area contributed by atoms with Gasteiger partial charge in [0.1, 0.15) is 11.3 Å². The van der Waals surface area contributed by atoms with Gasteiger partial charge in [0.15, 0.2) is 11.0 Å². The number of phenolic OH excluding ortho intramolecular Hbond substituents is 1. The van der Waals surface area contributed by atoms with E-state index in [9.17, 15) is 9.90 Å². The van der Waals surface area contributed by atoms with Gasteiger partial charge in [-0.3, -0.25) is 9.55 Å². The summed E-state index contributed by atoms with van der Waals surface area (Å²) in [5, 5.41) is 19.8. The Morgan fingerprint density at radius 3 is 2.79 bits per heavy atom. The number of nitrogens with zero attached hydrogens (tertiary/aromatic N) is 4. The first-order valence-electron chi connectivity index (χ1n) is 8.87. The molecule has 0 atom stereocenters. The van der Waals surface area contributed by atoms with Crippen molar-refractivity contribution in [3.8, 4) is 17.1 Å². The average molecular weight is 410 g/mol. The molecule has 0 aliphatic carbocycles. The Bertz CT molecular complexity index is 1190. The van der Waals surface area contributed by atoms with E-state index >= 15 is 0 Å². The summed E-state index contributed by atoms with van der Waals surface area (Å²) in [6, 6.07) is 9.97. The number of aromatic hydroxyl groups is 1. The van der Waals surface area contributed by atoms with Crippen LogP contribution < -0.4 is 5.63 Å². The lowest BCUT2D eigenvalue weighted by atomic mass is 10.1. The SMILES string of the molecule is COCCn1c(SCc2cc(=O)oc3cc(O)ccc23)nnc1-c1ccncc1. The summed E-state index contributed by atoms with van der Waals surface area (Å²) in [6.07, 6.45) is 3.42. The number of ether oxygens (including phenoxy) is 1. The van der Waals surface area contributed by atoms with Gasteiger partial charge in [0.2, 0.25) is 0 Å². The number of thioether (sulfide) groups is 1. The topological polar surface area (TPSA) is 103 Å². The lowest BCUT2D eigenvalue weighted by molar-refractivity contribution is 0.185. The number of phenols is 1. The first-order chi connectivity index (χ1) is 14.2. The highest BCUT2D eigenvalue weighted by Crippen LogP contribution is 2.29. The molecule has 1 aromatic carbocycles. The average Bonchev–Trinajstić information content (AvgIpc) is 3.13. The fourth-order valence-electron chi connectivity index (χ4n) is 2.97. The van der Waals surface area contributed by atoms with Gasteiger partial charge in [-0.25, -0.2) is 4.79 Å². The van der Waals surface area contributed by atoms with Crippen LogP contribution in [-0.2, 0) is 17.0 Å². The van der Waals surface area contributed by atoms with Crippen LogP contribution in [0.1, 0.15) is 5.56 Å². The maximum absolute atomic E-state index is 11.9. The maximum Gasteiger partial charge on any atom is 0.336 e. The van der Waals surface area contributed by atoms with E-state index in [1.54, 1.807) is 31.6 Å². The number of methoxy groups -OCH3 is 1. The van der Waals surface area contributed by atoms with Gasteiger partial charge in [0.25, 0.3) is 0 Å². The van der Waals surface area contributed by atoms with E-state index in [0.29, 0.717) is 29.6 Å². The van der Waals surface area contributed by atoms with E-state index in [1.165, 1.54) is 23.9 Å². The molecule has 4 aromatic rings. The fraction of sp³-hybridized carbons (Fsp3) is 0.200. The van der Waals surface area contributed by atoms with Crippen molar-refractivity contribution in [3.63, 3.8) is 0 Å². The van der Waals surface area contributed by atoms with E-state index < -0.39 is 5.63 Å². The van der Waals surface area contributed by atoms with Gasteiger partial charge in [-0.2, -0.15) is 0 Å². The first-order valence-corrected chi connectivity index (χ1v) is 9.85. The second-order valence-corrected chi connectivity index (χ2v) is 7.19. The molecule has 0 aliphatic rings. The number of aromatic nitrogens is 4. The second-order valence-electron chi connectivity index (χ2n) is 6.25. The zero-order valence-corrected chi connectivity index (χ0v) is 16.4. The van der Waals surface area contributed by atoms with Crippen molar-refractivity contribution in [1.82, 2.24) is 19.7 Å². The standard InChI is InChI=1S/C20H18N4O4S/c1-27-9-8-24-19(13-4-6-21-7-5-13)22-23-20(24)29-12-14-10-18(26)28-17-11-15(25)2-3-16(14)17/h2-7,10-11,25H,8-9,12H2,1H3. The quantitative estimate of drug-likeness (QED) is 0.366. The van der Waals surface area contributed by atoms with E-state index in [4.69, 9.17) is 9.15 Å². The number of hydrogen-bond acceptors (Lipinski definition) is 8. The molecule has 0 bridgehead atoms. The van der Waals surface area contributed by atoms with Crippen LogP contribution in [0, 0.1) is 0 Å². The molecular formula is C20H18N4O4S. The minimum atomic E-state index is -0.461. The summed E-state index contributed by atoms with van der Waals surface area (Å²) < 4.78 is 12.4. The van der Waals surface area contributed by atoms with Gasteiger partial charge in [-0.1, -0.05) is 11.8 Å². The predicted octanol–water partition coefficient (Wildman–Crippen LogP) is 3.09. The molecule has 0 fully saturated rings. The summed E-state index contributed by atoms with van der Waals surface area (Å²) in [5.41, 5.74) is 1.60. The molecule has 29 heavy (non-hydrogen) atoms. The van der Waals surface area contributed by atoms with Crippen LogP contribution in [0.5, 0.6) is 5.75 Å². The molecule has 4 rings (SSSR count). The van der Waals surface area contributed by atoms with Gasteiger partial charge in [0.05, 0.1) is 13.2 Å². The molecule has 3 heterocycles. The van der Waals surface area contributed by atoms with E-state index in [0.717, 1.165) is 22.3 Å². The molecule has 1 N–H and O–H groups in total. The Labute approximate surface area is 170 Å². The minimum Gasteiger partial charge on any atom is -0.508 e. The third kappa shape index (κ3) is 4.15. The Morgan fingerprint density at radius 1 is 1.17 bits per heavy atom. The highest BCUT2D eigenvalue weighted by molar-refractivity contribution is 7.98. The fourth-order valence-corrected chi connectivity index (χ4v) is 3.93. The highest BCUT2D eigenvalue weighted by atomic mass is 32.2. The lowest BCUT2D eigenvalue weighted by Gasteiger charge is -2.10. The zero-order valence-electron chi connectivity index (χ0n) is 15.6. The first kappa shape index (κ1) is 19.2. The number of pyridine rings is 1. The molecule has 0 aliphatic heterocycles. The molecule has 9 heteroatoms. The van der Waals surface area contributed by atoms with Gasteiger partial charge < -0.3 is 14.3 Å². The minimum absolute atomic E-state index is 0.0479. The lowest BCUT2D eigenvalue weighted by Crippen LogP contribution is -2.08. The van der Waals surface area contributed by atoms with Crippen molar-refractivity contribution >= 4 is 22.7 Å². The van der Waals surface area contributed by atoms with Crippen LogP contribution in [-0.4, -0.2) is 38.6 Å². The number of rotatable bonds is 7. The maximum atomic E-state index is 11.9. The van der Waals surface area contributed by atoms with E-state index in [1.807, 2.05) is 16.7 Å². The molecule has 0 radical (unpaired) electrons. The van der Waals surface area contributed by atoms with Crippen LogP contribution in [0.15, 0.2) is 63.2 Å². The molecule has 3 aromatic heterocycles. The third-order valence-corrected chi connectivity index (χ3v) is 5.36. The molecule has 8 nitrogen and oxygen atoms in total. The van der Waals surface area contributed by atoms with Gasteiger partial charge in [-0.05, 0) is 29.8 Å². The number of hydrogen-bond donors (Lipinski definition) is 1. The number of benzene rings is 1. The Balaban J connectivity index is 1.66. The summed E-state index contributed by atoms with van der Waals surface area (Å²) in [7, 11) is 1.65. The van der Waals surface area contributed by atoms with Crippen molar-refractivity contribution in [2.45, 2.75) is 17.5 Å². The summed E-state index contributed by atoms with van der Waals surface area (Å²) >= 11 is 1.47. The van der Waals surface area contributed by atoms with Crippen molar-refractivity contribution < 1.29 is 14.3 Å². The molecule has 0 saturated heterocycles. The second kappa shape index (κ2) is 8.46. The van der Waals surface area contributed by atoms with Crippen molar-refractivity contribution in [2.24, 2.45) is 0 Å². The zero-order chi connectivity index (χ0) is 20.2. The molecule has 0 spiro atoms. The largest absolute Gasteiger partial charge is 0.508 e. The van der Waals surface area contributed by atoms with Crippen LogP contribution in [0.25, 0.3) is 22.4 Å². The molecule has 0 unspecified atom stereocenters. The van der Waals surface area contributed by atoms with E-state index in [2.05, 4.69) is 15.2 Å². The van der Waals surface area contributed by atoms with Crippen molar-refractivity contribution in [3.05, 3.63) is 64.8 Å². The summed E-state index contributed by atoms with van der Waals surface area (Å²) in [4.78, 5) is 16.0. The van der Waals surface area contributed by atoms with Gasteiger partial charge >= 0.3 is 5.63 Å². The van der Waals surface area contributed by atoms with Crippen LogP contribution in [0.3, 0.4) is 0 Å². The normalized spacial score (nSPS) is 11.2. The van der Waals surface area contributed by atoms with Gasteiger partial charge in [-0.15, -0.1) is 10.2 Å². The number of fused-ring (bicyclic) bond motifs is 1. The Hall–Kier alpha value is -3.17. The summed E-state index contributed by atoms with van der Waals surface area (Å²) in [6.45, 7) is 1.11. The Morgan fingerprint density at radius 2 is 2.00 bits per heavy atom. The molecular weight excluding hydrogens is 392 g/mol. The van der Waals surface area contributed by atoms with Crippen LogP contribution in [0.2, 0.25) is 0 Å². The predicted molar refractivity (Wildman–Crippen MR) is 109 cm³/mol. The molecule has 148 valence electrons. The van der Waals surface area contributed by atoms with Crippen molar-refractivity contribution in [2.75, 3.05) is 13.7 Å².